The van der Waals surface area contributed by atoms with Crippen molar-refractivity contribution in [1.29, 1.82) is 0 Å². The summed E-state index contributed by atoms with van der Waals surface area (Å²) < 4.78 is 30.1. The molecule has 0 saturated heterocycles. The minimum absolute atomic E-state index is 0.182. The van der Waals surface area contributed by atoms with Gasteiger partial charge in [-0.2, -0.15) is 8.42 Å². The molecule has 0 amide bonds. The molecule has 0 saturated carbocycles. The van der Waals surface area contributed by atoms with Crippen LogP contribution >= 0.6 is 0 Å². The molecule has 118 valence electrons. The van der Waals surface area contributed by atoms with Crippen molar-refractivity contribution >= 4 is 10.1 Å². The van der Waals surface area contributed by atoms with Crippen LogP contribution in [0.3, 0.4) is 0 Å². The third-order valence-electron chi connectivity index (χ3n) is 3.53. The fourth-order valence-corrected chi connectivity index (χ4v) is 3.19. The lowest BCUT2D eigenvalue weighted by atomic mass is 10.1. The summed E-state index contributed by atoms with van der Waals surface area (Å²) in [5.41, 5.74) is 1.95. The first-order valence-electron chi connectivity index (χ1n) is 7.62. The second-order valence-electron chi connectivity index (χ2n) is 5.42. The Labute approximate surface area is 133 Å². The number of rotatable bonds is 7. The van der Waals surface area contributed by atoms with Crippen LogP contribution in [-0.2, 0) is 16.5 Å². The van der Waals surface area contributed by atoms with Crippen molar-refractivity contribution in [1.82, 2.24) is 0 Å². The molecule has 2 rings (SSSR count). The van der Waals surface area contributed by atoms with E-state index in [-0.39, 0.29) is 4.90 Å². The van der Waals surface area contributed by atoms with Crippen molar-refractivity contribution in [3.05, 3.63) is 59.7 Å². The van der Waals surface area contributed by atoms with E-state index in [2.05, 4.69) is 6.92 Å². The predicted molar refractivity (Wildman–Crippen MR) is 88.7 cm³/mol. The van der Waals surface area contributed by atoms with E-state index in [1.54, 1.807) is 36.4 Å². The average Bonchev–Trinajstić information content (AvgIpc) is 2.49. The topological polar surface area (TPSA) is 43.4 Å². The first-order valence-corrected chi connectivity index (χ1v) is 9.03. The van der Waals surface area contributed by atoms with Gasteiger partial charge in [-0.1, -0.05) is 55.7 Å². The highest BCUT2D eigenvalue weighted by atomic mass is 32.2. The van der Waals surface area contributed by atoms with Crippen molar-refractivity contribution in [3.8, 4) is 5.75 Å². The van der Waals surface area contributed by atoms with E-state index in [9.17, 15) is 8.42 Å². The molecule has 3 nitrogen and oxygen atoms in total. The molecule has 22 heavy (non-hydrogen) atoms. The van der Waals surface area contributed by atoms with E-state index in [4.69, 9.17) is 4.18 Å². The van der Waals surface area contributed by atoms with Crippen LogP contribution in [0.4, 0.5) is 0 Å². The van der Waals surface area contributed by atoms with Crippen molar-refractivity contribution in [2.45, 2.75) is 44.4 Å². The van der Waals surface area contributed by atoms with Crippen LogP contribution in [0.2, 0.25) is 0 Å². The monoisotopic (exact) mass is 318 g/mol. The Kier molecular flexibility index (Phi) is 5.61. The zero-order valence-electron chi connectivity index (χ0n) is 13.1. The molecule has 0 aromatic heterocycles. The number of para-hydroxylation sites is 1. The van der Waals surface area contributed by atoms with E-state index >= 15 is 0 Å². The Morgan fingerprint density at radius 3 is 2.32 bits per heavy atom. The van der Waals surface area contributed by atoms with Crippen LogP contribution in [0.1, 0.15) is 37.3 Å². The minimum atomic E-state index is -3.78. The van der Waals surface area contributed by atoms with E-state index in [0.29, 0.717) is 5.75 Å². The normalized spacial score (nSPS) is 11.4. The summed E-state index contributed by atoms with van der Waals surface area (Å²) in [5, 5.41) is 0. The first-order chi connectivity index (χ1) is 10.5. The largest absolute Gasteiger partial charge is 0.379 e. The van der Waals surface area contributed by atoms with E-state index in [0.717, 1.165) is 36.8 Å². The summed E-state index contributed by atoms with van der Waals surface area (Å²) in [5.74, 6) is 0.430. The lowest BCUT2D eigenvalue weighted by molar-refractivity contribution is 0.482. The fourth-order valence-electron chi connectivity index (χ4n) is 2.23. The van der Waals surface area contributed by atoms with Crippen LogP contribution < -0.4 is 4.18 Å². The molecule has 0 bridgehead atoms. The molecule has 0 aliphatic heterocycles. The third-order valence-corrected chi connectivity index (χ3v) is 4.78. The Morgan fingerprint density at radius 2 is 1.64 bits per heavy atom. The van der Waals surface area contributed by atoms with Gasteiger partial charge in [0.25, 0.3) is 0 Å². The molecule has 0 N–H and O–H groups in total. The molecule has 0 aliphatic rings. The molecular weight excluding hydrogens is 296 g/mol. The molecule has 0 aliphatic carbocycles. The van der Waals surface area contributed by atoms with Gasteiger partial charge in [0.1, 0.15) is 10.6 Å². The minimum Gasteiger partial charge on any atom is -0.379 e. The summed E-state index contributed by atoms with van der Waals surface area (Å²) in [7, 11) is -3.78. The number of hydrogen-bond donors (Lipinski definition) is 0. The van der Waals surface area contributed by atoms with Crippen molar-refractivity contribution in [2.75, 3.05) is 0 Å². The molecule has 0 unspecified atom stereocenters. The van der Waals surface area contributed by atoms with Gasteiger partial charge in [-0.15, -0.1) is 0 Å². The summed E-state index contributed by atoms with van der Waals surface area (Å²) in [6.45, 7) is 4.06. The van der Waals surface area contributed by atoms with Crippen LogP contribution in [0.5, 0.6) is 5.75 Å². The summed E-state index contributed by atoms with van der Waals surface area (Å²) >= 11 is 0. The van der Waals surface area contributed by atoms with Gasteiger partial charge in [0.05, 0.1) is 0 Å². The van der Waals surface area contributed by atoms with Gasteiger partial charge in [-0.25, -0.2) is 0 Å². The molecule has 0 fully saturated rings. The zero-order valence-corrected chi connectivity index (χ0v) is 13.9. The number of unbranched alkanes of at least 4 members (excludes halogenated alkanes) is 2. The number of aryl methyl sites for hydroxylation is 2. The van der Waals surface area contributed by atoms with E-state index in [1.807, 2.05) is 19.1 Å². The van der Waals surface area contributed by atoms with Crippen LogP contribution in [0.25, 0.3) is 0 Å². The lowest BCUT2D eigenvalue weighted by Gasteiger charge is -2.11. The Morgan fingerprint density at radius 1 is 0.955 bits per heavy atom. The average molecular weight is 318 g/mol. The molecule has 0 heterocycles. The van der Waals surface area contributed by atoms with Crippen molar-refractivity contribution in [3.63, 3.8) is 0 Å². The van der Waals surface area contributed by atoms with Gasteiger partial charge < -0.3 is 4.18 Å². The maximum absolute atomic E-state index is 12.4. The molecule has 2 aromatic carbocycles. The summed E-state index contributed by atoms with van der Waals surface area (Å²) in [6.07, 6.45) is 4.11. The van der Waals surface area contributed by atoms with E-state index in [1.165, 1.54) is 0 Å². The second-order valence-corrected chi connectivity index (χ2v) is 6.96. The van der Waals surface area contributed by atoms with Crippen LogP contribution in [-0.4, -0.2) is 8.42 Å². The maximum Gasteiger partial charge on any atom is 0.339 e. The molecular formula is C18H22O3S. The van der Waals surface area contributed by atoms with Crippen LogP contribution in [0, 0.1) is 6.92 Å². The first kappa shape index (κ1) is 16.6. The highest BCUT2D eigenvalue weighted by molar-refractivity contribution is 7.87. The predicted octanol–water partition coefficient (Wildman–Crippen LogP) is 4.50. The standard InChI is InChI=1S/C18H22O3S/c1-3-4-5-8-16-9-6-7-10-18(16)21-22(19,20)17-13-11-15(2)12-14-17/h6-7,9-14H,3-5,8H2,1-2H3. The van der Waals surface area contributed by atoms with Gasteiger partial charge in [0, 0.05) is 0 Å². The lowest BCUT2D eigenvalue weighted by Crippen LogP contribution is -2.11. The Balaban J connectivity index is 2.20. The highest BCUT2D eigenvalue weighted by Gasteiger charge is 2.18. The van der Waals surface area contributed by atoms with Crippen molar-refractivity contribution < 1.29 is 12.6 Å². The van der Waals surface area contributed by atoms with Gasteiger partial charge in [-0.3, -0.25) is 0 Å². The SMILES string of the molecule is CCCCCc1ccccc1OS(=O)(=O)c1ccc(C)cc1. The summed E-state index contributed by atoms with van der Waals surface area (Å²) in [4.78, 5) is 0.182. The smallest absolute Gasteiger partial charge is 0.339 e. The molecule has 2 aromatic rings. The quantitative estimate of drug-likeness (QED) is 0.558. The third kappa shape index (κ3) is 4.34. The Bertz CT molecular complexity index is 703. The van der Waals surface area contributed by atoms with E-state index < -0.39 is 10.1 Å². The molecule has 0 radical (unpaired) electrons. The van der Waals surface area contributed by atoms with Gasteiger partial charge in [0.15, 0.2) is 0 Å². The van der Waals surface area contributed by atoms with Gasteiger partial charge in [-0.05, 0) is 43.5 Å². The summed E-state index contributed by atoms with van der Waals surface area (Å²) in [6, 6.07) is 14.0. The fraction of sp³-hybridized carbons (Fsp3) is 0.333. The molecule has 0 spiro atoms. The Hall–Kier alpha value is -1.81. The van der Waals surface area contributed by atoms with Crippen LogP contribution in [0.15, 0.2) is 53.4 Å². The zero-order chi connectivity index (χ0) is 16.0. The number of hydrogen-bond acceptors (Lipinski definition) is 3. The van der Waals surface area contributed by atoms with Crippen molar-refractivity contribution in [2.24, 2.45) is 0 Å². The number of benzene rings is 2. The molecule has 0 atom stereocenters. The maximum atomic E-state index is 12.4. The van der Waals surface area contributed by atoms with Gasteiger partial charge >= 0.3 is 10.1 Å². The highest BCUT2D eigenvalue weighted by Crippen LogP contribution is 2.24. The molecule has 4 heteroatoms. The second kappa shape index (κ2) is 7.45. The van der Waals surface area contributed by atoms with Gasteiger partial charge in [0.2, 0.25) is 0 Å².